The standard InChI is InChI=1S/C14H8Br2N2O3/c1-8-4-11(3-2-9(8)7-17)21-14-12(15)5-10(18(19)20)6-13(14)16/h2-6H,1H3. The van der Waals surface area contributed by atoms with E-state index in [0.717, 1.165) is 5.56 Å². The van der Waals surface area contributed by atoms with Gasteiger partial charge in [-0.3, -0.25) is 10.1 Å². The average molecular weight is 412 g/mol. The zero-order valence-corrected chi connectivity index (χ0v) is 13.9. The first-order chi connectivity index (χ1) is 9.92. The second kappa shape index (κ2) is 6.24. The third-order valence-electron chi connectivity index (χ3n) is 2.73. The number of nitro groups is 1. The van der Waals surface area contributed by atoms with Crippen LogP contribution in [0.4, 0.5) is 5.69 Å². The number of halogens is 2. The number of nitro benzene ring substituents is 1. The lowest BCUT2D eigenvalue weighted by Crippen LogP contribution is -1.92. The summed E-state index contributed by atoms with van der Waals surface area (Å²) in [5, 5.41) is 19.7. The lowest BCUT2D eigenvalue weighted by atomic mass is 10.1. The molecular weight excluding hydrogens is 404 g/mol. The first kappa shape index (κ1) is 15.5. The van der Waals surface area contributed by atoms with Crippen molar-refractivity contribution in [2.24, 2.45) is 0 Å². The van der Waals surface area contributed by atoms with Crippen molar-refractivity contribution in [2.75, 3.05) is 0 Å². The van der Waals surface area contributed by atoms with Gasteiger partial charge in [-0.15, -0.1) is 0 Å². The molecule has 5 nitrogen and oxygen atoms in total. The van der Waals surface area contributed by atoms with Crippen molar-refractivity contribution >= 4 is 37.5 Å². The number of nitriles is 1. The molecule has 0 spiro atoms. The fourth-order valence-electron chi connectivity index (χ4n) is 1.69. The Labute approximate surface area is 137 Å². The Kier molecular flexibility index (Phi) is 4.60. The predicted molar refractivity (Wildman–Crippen MR) is 84.5 cm³/mol. The molecule has 0 amide bonds. The fourth-order valence-corrected chi connectivity index (χ4v) is 3.02. The second-order valence-electron chi connectivity index (χ2n) is 4.19. The largest absolute Gasteiger partial charge is 0.455 e. The van der Waals surface area contributed by atoms with Crippen LogP contribution in [-0.4, -0.2) is 4.92 Å². The molecule has 106 valence electrons. The van der Waals surface area contributed by atoms with E-state index in [0.29, 0.717) is 26.0 Å². The van der Waals surface area contributed by atoms with Gasteiger partial charge in [-0.2, -0.15) is 5.26 Å². The van der Waals surface area contributed by atoms with E-state index in [1.807, 2.05) is 6.92 Å². The molecule has 0 bridgehead atoms. The van der Waals surface area contributed by atoms with Crippen LogP contribution >= 0.6 is 31.9 Å². The van der Waals surface area contributed by atoms with Crippen LogP contribution in [0, 0.1) is 28.4 Å². The van der Waals surface area contributed by atoms with Crippen molar-refractivity contribution < 1.29 is 9.66 Å². The quantitative estimate of drug-likeness (QED) is 0.520. The maximum atomic E-state index is 10.8. The zero-order valence-electron chi connectivity index (χ0n) is 10.8. The lowest BCUT2D eigenvalue weighted by Gasteiger charge is -2.10. The first-order valence-electron chi connectivity index (χ1n) is 5.74. The normalized spacial score (nSPS) is 10.0. The third kappa shape index (κ3) is 3.40. The van der Waals surface area contributed by atoms with Crippen molar-refractivity contribution in [1.82, 2.24) is 0 Å². The van der Waals surface area contributed by atoms with E-state index >= 15 is 0 Å². The van der Waals surface area contributed by atoms with Crippen LogP contribution in [0.2, 0.25) is 0 Å². The van der Waals surface area contributed by atoms with Crippen molar-refractivity contribution in [1.29, 1.82) is 5.26 Å². The lowest BCUT2D eigenvalue weighted by molar-refractivity contribution is -0.385. The topological polar surface area (TPSA) is 76.2 Å². The number of ether oxygens (including phenoxy) is 1. The van der Waals surface area contributed by atoms with Crippen LogP contribution in [0.3, 0.4) is 0 Å². The maximum Gasteiger partial charge on any atom is 0.271 e. The monoisotopic (exact) mass is 410 g/mol. The molecule has 0 radical (unpaired) electrons. The molecule has 0 saturated heterocycles. The van der Waals surface area contributed by atoms with Gasteiger partial charge in [0, 0.05) is 12.1 Å². The molecule has 2 aromatic carbocycles. The van der Waals surface area contributed by atoms with Gasteiger partial charge in [-0.1, -0.05) is 0 Å². The van der Waals surface area contributed by atoms with E-state index in [-0.39, 0.29) is 5.69 Å². The molecule has 0 unspecified atom stereocenters. The molecule has 2 rings (SSSR count). The second-order valence-corrected chi connectivity index (χ2v) is 5.89. The number of benzene rings is 2. The average Bonchev–Trinajstić information content (AvgIpc) is 2.42. The van der Waals surface area contributed by atoms with E-state index in [2.05, 4.69) is 37.9 Å². The Bertz CT molecular complexity index is 746. The number of hydrogen-bond donors (Lipinski definition) is 0. The molecule has 0 aliphatic rings. The van der Waals surface area contributed by atoms with Gasteiger partial charge < -0.3 is 4.74 Å². The summed E-state index contributed by atoms with van der Waals surface area (Å²) < 4.78 is 6.66. The number of hydrogen-bond acceptors (Lipinski definition) is 4. The summed E-state index contributed by atoms with van der Waals surface area (Å²) in [7, 11) is 0. The van der Waals surface area contributed by atoms with E-state index in [4.69, 9.17) is 10.00 Å². The molecule has 21 heavy (non-hydrogen) atoms. The molecule has 7 heteroatoms. The van der Waals surface area contributed by atoms with Gasteiger partial charge in [-0.05, 0) is 62.5 Å². The third-order valence-corrected chi connectivity index (χ3v) is 3.91. The zero-order chi connectivity index (χ0) is 15.6. The van der Waals surface area contributed by atoms with Crippen LogP contribution in [0.15, 0.2) is 39.3 Å². The van der Waals surface area contributed by atoms with Gasteiger partial charge in [-0.25, -0.2) is 0 Å². The molecule has 0 aromatic heterocycles. The summed E-state index contributed by atoms with van der Waals surface area (Å²) in [6.45, 7) is 1.81. The van der Waals surface area contributed by atoms with E-state index < -0.39 is 4.92 Å². The number of nitrogens with zero attached hydrogens (tertiary/aromatic N) is 2. The number of aryl methyl sites for hydroxylation is 1. The van der Waals surface area contributed by atoms with Gasteiger partial charge >= 0.3 is 0 Å². The highest BCUT2D eigenvalue weighted by Gasteiger charge is 2.16. The summed E-state index contributed by atoms with van der Waals surface area (Å²) in [5.74, 6) is 0.978. The van der Waals surface area contributed by atoms with E-state index in [1.165, 1.54) is 12.1 Å². The van der Waals surface area contributed by atoms with Gasteiger partial charge in [0.2, 0.25) is 0 Å². The Balaban J connectivity index is 2.38. The summed E-state index contributed by atoms with van der Waals surface area (Å²) in [4.78, 5) is 10.3. The molecule has 0 atom stereocenters. The highest BCUT2D eigenvalue weighted by atomic mass is 79.9. The first-order valence-corrected chi connectivity index (χ1v) is 7.33. The summed E-state index contributed by atoms with van der Waals surface area (Å²) in [6, 6.07) is 9.90. The van der Waals surface area contributed by atoms with Crippen LogP contribution in [0.1, 0.15) is 11.1 Å². The summed E-state index contributed by atoms with van der Waals surface area (Å²) in [5.41, 5.74) is 1.32. The Morgan fingerprint density at radius 3 is 2.33 bits per heavy atom. The van der Waals surface area contributed by atoms with E-state index in [1.54, 1.807) is 18.2 Å². The SMILES string of the molecule is Cc1cc(Oc2c(Br)cc([N+](=O)[O-])cc2Br)ccc1C#N. The molecule has 0 saturated carbocycles. The molecule has 0 heterocycles. The van der Waals surface area contributed by atoms with Crippen molar-refractivity contribution in [2.45, 2.75) is 6.92 Å². The van der Waals surface area contributed by atoms with Crippen LogP contribution < -0.4 is 4.74 Å². The molecule has 0 aliphatic heterocycles. The van der Waals surface area contributed by atoms with Crippen LogP contribution in [0.25, 0.3) is 0 Å². The molecule has 0 aliphatic carbocycles. The van der Waals surface area contributed by atoms with Gasteiger partial charge in [0.25, 0.3) is 5.69 Å². The van der Waals surface area contributed by atoms with Crippen LogP contribution in [-0.2, 0) is 0 Å². The maximum absolute atomic E-state index is 10.8. The van der Waals surface area contributed by atoms with Crippen molar-refractivity contribution in [3.8, 4) is 17.6 Å². The predicted octanol–water partition coefficient (Wildman–Crippen LogP) is 5.09. The number of non-ortho nitro benzene ring substituents is 1. The van der Waals surface area contributed by atoms with Gasteiger partial charge in [0.15, 0.2) is 5.75 Å². The van der Waals surface area contributed by atoms with Gasteiger partial charge in [0.05, 0.1) is 25.5 Å². The minimum Gasteiger partial charge on any atom is -0.455 e. The molecule has 2 aromatic rings. The Morgan fingerprint density at radius 2 is 1.86 bits per heavy atom. The minimum absolute atomic E-state index is 0.0443. The van der Waals surface area contributed by atoms with Crippen molar-refractivity contribution in [3.63, 3.8) is 0 Å². The van der Waals surface area contributed by atoms with Crippen molar-refractivity contribution in [3.05, 3.63) is 60.5 Å². The van der Waals surface area contributed by atoms with Crippen LogP contribution in [0.5, 0.6) is 11.5 Å². The molecule has 0 fully saturated rings. The van der Waals surface area contributed by atoms with E-state index in [9.17, 15) is 10.1 Å². The van der Waals surface area contributed by atoms with Gasteiger partial charge in [0.1, 0.15) is 5.75 Å². The molecular formula is C14H8Br2N2O3. The Morgan fingerprint density at radius 1 is 1.24 bits per heavy atom. The summed E-state index contributed by atoms with van der Waals surface area (Å²) in [6.07, 6.45) is 0. The molecule has 0 N–H and O–H groups in total. The fraction of sp³-hybridized carbons (Fsp3) is 0.0714. The number of rotatable bonds is 3. The Hall–Kier alpha value is -1.91. The smallest absolute Gasteiger partial charge is 0.271 e. The summed E-state index contributed by atoms with van der Waals surface area (Å²) >= 11 is 6.52. The minimum atomic E-state index is -0.481. The highest BCUT2D eigenvalue weighted by Crippen LogP contribution is 2.39. The highest BCUT2D eigenvalue weighted by molar-refractivity contribution is 9.11.